The van der Waals surface area contributed by atoms with Crippen LogP contribution in [0.1, 0.15) is 40.9 Å². The first kappa shape index (κ1) is 18.1. The summed E-state index contributed by atoms with van der Waals surface area (Å²) in [6.45, 7) is 1.84. The molecule has 0 saturated heterocycles. The summed E-state index contributed by atoms with van der Waals surface area (Å²) in [6.07, 6.45) is 3.56. The molecule has 1 saturated carbocycles. The van der Waals surface area contributed by atoms with Crippen LogP contribution in [0.3, 0.4) is 0 Å². The normalized spacial score (nSPS) is 16.9. The largest absolute Gasteiger partial charge is 0.469 e. The van der Waals surface area contributed by atoms with Crippen LogP contribution in [0.4, 0.5) is 0 Å². The zero-order chi connectivity index (χ0) is 19.8. The van der Waals surface area contributed by atoms with Crippen LogP contribution < -0.4 is 5.32 Å². The molecule has 29 heavy (non-hydrogen) atoms. The van der Waals surface area contributed by atoms with E-state index in [1.54, 1.807) is 0 Å². The topological polar surface area (TPSA) is 56.2 Å². The Hall–Kier alpha value is -2.92. The molecule has 0 unspecified atom stereocenters. The molecule has 1 fully saturated rings. The second-order valence-corrected chi connectivity index (χ2v) is 7.98. The number of nitrogens with one attached hydrogen (secondary N) is 1. The van der Waals surface area contributed by atoms with Crippen LogP contribution in [0, 0.1) is 0 Å². The Bertz CT molecular complexity index is 1030. The molecule has 0 amide bonds. The number of hydrogen-bond acceptors (Lipinski definition) is 4. The molecule has 1 N–H and O–H groups in total. The Morgan fingerprint density at radius 3 is 2.59 bits per heavy atom. The lowest BCUT2D eigenvalue weighted by molar-refractivity contribution is -0.139. The Morgan fingerprint density at radius 1 is 1.14 bits per heavy atom. The highest BCUT2D eigenvalue weighted by atomic mass is 16.5. The van der Waals surface area contributed by atoms with Crippen LogP contribution in [-0.4, -0.2) is 29.4 Å². The Balaban J connectivity index is 1.55. The molecule has 1 aromatic heterocycles. The number of hydrogen-bond donors (Lipinski definition) is 1. The molecule has 0 bridgehead atoms. The highest BCUT2D eigenvalue weighted by molar-refractivity contribution is 5.72. The summed E-state index contributed by atoms with van der Waals surface area (Å²) in [5, 5.41) is 8.69. The van der Waals surface area contributed by atoms with Gasteiger partial charge in [-0.3, -0.25) is 4.79 Å². The van der Waals surface area contributed by atoms with Crippen LogP contribution in [0.25, 0.3) is 5.69 Å². The summed E-state index contributed by atoms with van der Waals surface area (Å²) in [5.41, 5.74) is 7.31. The summed E-state index contributed by atoms with van der Waals surface area (Å²) in [6, 6.07) is 18.9. The monoisotopic (exact) mass is 387 g/mol. The van der Waals surface area contributed by atoms with E-state index in [4.69, 9.17) is 9.84 Å². The number of methoxy groups -OCH3 is 1. The molecule has 0 atom stereocenters. The number of fused-ring (bicyclic) bond motifs is 1. The lowest BCUT2D eigenvalue weighted by Crippen LogP contribution is -2.26. The Morgan fingerprint density at radius 2 is 1.90 bits per heavy atom. The van der Waals surface area contributed by atoms with Crippen LogP contribution in [0.15, 0.2) is 54.6 Å². The van der Waals surface area contributed by atoms with Crippen molar-refractivity contribution in [2.24, 2.45) is 0 Å². The van der Waals surface area contributed by atoms with Gasteiger partial charge in [-0.15, -0.1) is 0 Å². The van der Waals surface area contributed by atoms with Gasteiger partial charge in [-0.25, -0.2) is 4.68 Å². The number of nitrogens with zero attached hydrogens (tertiary/aromatic N) is 2. The van der Waals surface area contributed by atoms with E-state index in [2.05, 4.69) is 52.5 Å². The van der Waals surface area contributed by atoms with Gasteiger partial charge in [-0.1, -0.05) is 42.5 Å². The second kappa shape index (κ2) is 7.16. The van der Waals surface area contributed by atoms with Gasteiger partial charge in [-0.2, -0.15) is 5.10 Å². The summed E-state index contributed by atoms with van der Waals surface area (Å²) < 4.78 is 6.89. The average molecular weight is 387 g/mol. The van der Waals surface area contributed by atoms with E-state index in [0.29, 0.717) is 6.42 Å². The fourth-order valence-electron chi connectivity index (χ4n) is 4.48. The molecule has 5 rings (SSSR count). The van der Waals surface area contributed by atoms with Crippen molar-refractivity contribution in [1.29, 1.82) is 0 Å². The molecule has 0 spiro atoms. The summed E-state index contributed by atoms with van der Waals surface area (Å²) in [7, 11) is 1.42. The molecule has 5 nitrogen and oxygen atoms in total. The SMILES string of the molecule is COC(=O)Cc1ccc(-n2nc(C3(c4ccccc4)CC3)c3c2CCNC3)cc1. The fraction of sp³-hybridized carbons (Fsp3) is 0.333. The van der Waals surface area contributed by atoms with Crippen molar-refractivity contribution >= 4 is 5.97 Å². The molecule has 0 radical (unpaired) electrons. The minimum absolute atomic E-state index is 0.0560. The van der Waals surface area contributed by atoms with Crippen molar-refractivity contribution in [1.82, 2.24) is 15.1 Å². The molecule has 2 heterocycles. The molecule has 3 aromatic rings. The van der Waals surface area contributed by atoms with Gasteiger partial charge in [0.25, 0.3) is 0 Å². The summed E-state index contributed by atoms with van der Waals surface area (Å²) in [5.74, 6) is -0.221. The molecule has 2 aromatic carbocycles. The number of rotatable bonds is 5. The van der Waals surface area contributed by atoms with E-state index in [0.717, 1.165) is 43.6 Å². The number of benzene rings is 2. The van der Waals surface area contributed by atoms with Crippen molar-refractivity contribution in [3.8, 4) is 5.69 Å². The smallest absolute Gasteiger partial charge is 0.309 e. The maximum absolute atomic E-state index is 11.5. The van der Waals surface area contributed by atoms with Crippen molar-refractivity contribution in [3.05, 3.63) is 82.7 Å². The van der Waals surface area contributed by atoms with Crippen LogP contribution in [0.2, 0.25) is 0 Å². The molecule has 5 heteroatoms. The second-order valence-electron chi connectivity index (χ2n) is 7.98. The zero-order valence-electron chi connectivity index (χ0n) is 16.6. The third kappa shape index (κ3) is 3.15. The maximum Gasteiger partial charge on any atom is 0.309 e. The molecule has 1 aliphatic carbocycles. The zero-order valence-corrected chi connectivity index (χ0v) is 16.6. The lowest BCUT2D eigenvalue weighted by Gasteiger charge is -2.19. The van der Waals surface area contributed by atoms with Gasteiger partial charge in [0.2, 0.25) is 0 Å². The highest BCUT2D eigenvalue weighted by Crippen LogP contribution is 2.54. The van der Waals surface area contributed by atoms with Gasteiger partial charge in [0.05, 0.1) is 30.6 Å². The van der Waals surface area contributed by atoms with Crippen LogP contribution >= 0.6 is 0 Å². The van der Waals surface area contributed by atoms with E-state index in [1.165, 1.54) is 29.6 Å². The molecule has 2 aliphatic rings. The maximum atomic E-state index is 11.5. The van der Waals surface area contributed by atoms with Crippen molar-refractivity contribution in [2.75, 3.05) is 13.7 Å². The van der Waals surface area contributed by atoms with Crippen LogP contribution in [-0.2, 0) is 34.3 Å². The van der Waals surface area contributed by atoms with Gasteiger partial charge in [0.15, 0.2) is 0 Å². The van der Waals surface area contributed by atoms with E-state index in [9.17, 15) is 4.79 Å². The van der Waals surface area contributed by atoms with E-state index in [-0.39, 0.29) is 11.4 Å². The number of carbonyl (C=O) groups excluding carboxylic acids is 1. The standard InChI is InChI=1S/C24H25N3O2/c1-29-22(28)15-17-7-9-19(10-8-17)27-21-11-14-25-16-20(21)23(26-27)24(12-13-24)18-5-3-2-4-6-18/h2-10,25H,11-16H2,1H3. The van der Waals surface area contributed by atoms with Gasteiger partial charge >= 0.3 is 5.97 Å². The number of carbonyl (C=O) groups is 1. The number of ether oxygens (including phenoxy) is 1. The van der Waals surface area contributed by atoms with E-state index >= 15 is 0 Å². The van der Waals surface area contributed by atoms with E-state index < -0.39 is 0 Å². The molecular weight excluding hydrogens is 362 g/mol. The van der Waals surface area contributed by atoms with Gasteiger partial charge < -0.3 is 10.1 Å². The Labute approximate surface area is 170 Å². The third-order valence-electron chi connectivity index (χ3n) is 6.22. The van der Waals surface area contributed by atoms with Crippen molar-refractivity contribution in [3.63, 3.8) is 0 Å². The summed E-state index contributed by atoms with van der Waals surface area (Å²) >= 11 is 0. The van der Waals surface area contributed by atoms with E-state index in [1.807, 2.05) is 12.1 Å². The molecular formula is C24H25N3O2. The highest BCUT2D eigenvalue weighted by Gasteiger charge is 2.50. The lowest BCUT2D eigenvalue weighted by atomic mass is 9.88. The predicted molar refractivity (Wildman–Crippen MR) is 111 cm³/mol. The van der Waals surface area contributed by atoms with Gasteiger partial charge in [0.1, 0.15) is 0 Å². The first-order valence-electron chi connectivity index (χ1n) is 10.2. The average Bonchev–Trinajstić information content (AvgIpc) is 3.49. The predicted octanol–water partition coefficient (Wildman–Crippen LogP) is 3.31. The molecule has 148 valence electrons. The van der Waals surface area contributed by atoms with Gasteiger partial charge in [-0.05, 0) is 36.1 Å². The van der Waals surface area contributed by atoms with Crippen LogP contribution in [0.5, 0.6) is 0 Å². The third-order valence-corrected chi connectivity index (χ3v) is 6.22. The quantitative estimate of drug-likeness (QED) is 0.683. The molecule has 1 aliphatic heterocycles. The van der Waals surface area contributed by atoms with Crippen molar-refractivity contribution in [2.45, 2.75) is 37.6 Å². The summed E-state index contributed by atoms with van der Waals surface area (Å²) in [4.78, 5) is 11.5. The first-order valence-corrected chi connectivity index (χ1v) is 10.2. The number of esters is 1. The minimum atomic E-state index is -0.221. The Kier molecular flexibility index (Phi) is 4.47. The van der Waals surface area contributed by atoms with Gasteiger partial charge in [0, 0.05) is 30.5 Å². The minimum Gasteiger partial charge on any atom is -0.469 e. The first-order chi connectivity index (χ1) is 14.2. The van der Waals surface area contributed by atoms with Crippen molar-refractivity contribution < 1.29 is 9.53 Å². The number of aromatic nitrogens is 2. The fourth-order valence-corrected chi connectivity index (χ4v) is 4.48.